The number of aromatic nitrogens is 1. The van der Waals surface area contributed by atoms with Crippen LogP contribution in [0.15, 0.2) is 18.3 Å². The molecule has 4 nitrogen and oxygen atoms in total. The highest BCUT2D eigenvalue weighted by molar-refractivity contribution is 5.92. The minimum atomic E-state index is -0.408. The standard InChI is InChI=1S/C11H14FN3O/c1-7-4-13-6-9(7)11(16)15-10-3-2-8(12)5-14-10/h2-3,5,7,9,13H,4,6H2,1H3,(H,14,15,16). The number of anilines is 1. The van der Waals surface area contributed by atoms with Crippen molar-refractivity contribution in [2.24, 2.45) is 11.8 Å². The van der Waals surface area contributed by atoms with Crippen molar-refractivity contribution in [2.45, 2.75) is 6.92 Å². The van der Waals surface area contributed by atoms with Gasteiger partial charge in [0.1, 0.15) is 11.6 Å². The first-order chi connectivity index (χ1) is 7.66. The molecule has 0 spiro atoms. The molecule has 16 heavy (non-hydrogen) atoms. The van der Waals surface area contributed by atoms with Crippen LogP contribution >= 0.6 is 0 Å². The van der Waals surface area contributed by atoms with E-state index in [4.69, 9.17) is 0 Å². The number of carbonyl (C=O) groups is 1. The Bertz CT molecular complexity index is 379. The zero-order valence-electron chi connectivity index (χ0n) is 9.03. The molecular formula is C11H14FN3O. The van der Waals surface area contributed by atoms with E-state index >= 15 is 0 Å². The van der Waals surface area contributed by atoms with Gasteiger partial charge in [0.05, 0.1) is 12.1 Å². The number of nitrogens with one attached hydrogen (secondary N) is 2. The van der Waals surface area contributed by atoms with Crippen molar-refractivity contribution < 1.29 is 9.18 Å². The minimum Gasteiger partial charge on any atom is -0.316 e. The van der Waals surface area contributed by atoms with Crippen LogP contribution in [0.5, 0.6) is 0 Å². The van der Waals surface area contributed by atoms with E-state index in [-0.39, 0.29) is 11.8 Å². The Balaban J connectivity index is 1.99. The Morgan fingerprint density at radius 2 is 2.38 bits per heavy atom. The van der Waals surface area contributed by atoms with E-state index in [2.05, 4.69) is 15.6 Å². The first-order valence-electron chi connectivity index (χ1n) is 5.30. The molecule has 1 aliphatic rings. The van der Waals surface area contributed by atoms with E-state index in [1.54, 1.807) is 0 Å². The summed E-state index contributed by atoms with van der Waals surface area (Å²) >= 11 is 0. The molecular weight excluding hydrogens is 209 g/mol. The number of pyridine rings is 1. The van der Waals surface area contributed by atoms with Crippen molar-refractivity contribution in [1.82, 2.24) is 10.3 Å². The Hall–Kier alpha value is -1.49. The largest absolute Gasteiger partial charge is 0.316 e. The molecule has 1 amide bonds. The van der Waals surface area contributed by atoms with Gasteiger partial charge in [0, 0.05) is 6.54 Å². The van der Waals surface area contributed by atoms with Gasteiger partial charge in [-0.05, 0) is 24.6 Å². The monoisotopic (exact) mass is 223 g/mol. The summed E-state index contributed by atoms with van der Waals surface area (Å²) in [6.07, 6.45) is 1.09. The molecule has 0 aromatic carbocycles. The van der Waals surface area contributed by atoms with Crippen LogP contribution in [0, 0.1) is 17.7 Å². The molecule has 0 saturated carbocycles. The number of nitrogens with zero attached hydrogens (tertiary/aromatic N) is 1. The van der Waals surface area contributed by atoms with Gasteiger partial charge in [-0.3, -0.25) is 4.79 Å². The summed E-state index contributed by atoms with van der Waals surface area (Å²) < 4.78 is 12.6. The second kappa shape index (κ2) is 4.57. The second-order valence-electron chi connectivity index (χ2n) is 4.09. The van der Waals surface area contributed by atoms with E-state index in [1.807, 2.05) is 6.92 Å². The summed E-state index contributed by atoms with van der Waals surface area (Å²) in [4.78, 5) is 15.6. The fourth-order valence-electron chi connectivity index (χ4n) is 1.83. The molecule has 2 unspecified atom stereocenters. The van der Waals surface area contributed by atoms with E-state index in [9.17, 15) is 9.18 Å². The predicted molar refractivity (Wildman–Crippen MR) is 58.3 cm³/mol. The molecule has 5 heteroatoms. The van der Waals surface area contributed by atoms with Gasteiger partial charge in [-0.2, -0.15) is 0 Å². The van der Waals surface area contributed by atoms with E-state index in [0.29, 0.717) is 18.3 Å². The van der Waals surface area contributed by atoms with Crippen LogP contribution in [0.3, 0.4) is 0 Å². The summed E-state index contributed by atoms with van der Waals surface area (Å²) in [5.41, 5.74) is 0. The average Bonchev–Trinajstić information content (AvgIpc) is 2.68. The normalized spacial score (nSPS) is 24.4. The highest BCUT2D eigenvalue weighted by Gasteiger charge is 2.29. The predicted octanol–water partition coefficient (Wildman–Crippen LogP) is 1.01. The summed E-state index contributed by atoms with van der Waals surface area (Å²) in [5.74, 6) is 0.211. The SMILES string of the molecule is CC1CNCC1C(=O)Nc1ccc(F)cn1. The maximum Gasteiger partial charge on any atom is 0.230 e. The number of carbonyl (C=O) groups excluding carboxylic acids is 1. The summed E-state index contributed by atoms with van der Waals surface area (Å²) in [7, 11) is 0. The van der Waals surface area contributed by atoms with E-state index < -0.39 is 5.82 Å². The van der Waals surface area contributed by atoms with Crippen LogP contribution in [0.1, 0.15) is 6.92 Å². The molecule has 0 aliphatic carbocycles. The zero-order valence-corrected chi connectivity index (χ0v) is 9.03. The minimum absolute atomic E-state index is 0.0353. The van der Waals surface area contributed by atoms with E-state index in [1.165, 1.54) is 12.1 Å². The van der Waals surface area contributed by atoms with Crippen molar-refractivity contribution in [3.63, 3.8) is 0 Å². The Morgan fingerprint density at radius 3 is 2.94 bits per heavy atom. The van der Waals surface area contributed by atoms with Crippen molar-refractivity contribution in [3.05, 3.63) is 24.1 Å². The molecule has 0 bridgehead atoms. The number of rotatable bonds is 2. The number of amides is 1. The Morgan fingerprint density at radius 1 is 1.56 bits per heavy atom. The summed E-state index contributed by atoms with van der Waals surface area (Å²) in [5, 5.41) is 5.84. The van der Waals surface area contributed by atoms with Gasteiger partial charge >= 0.3 is 0 Å². The third-order valence-corrected chi connectivity index (χ3v) is 2.83. The van der Waals surface area contributed by atoms with Gasteiger partial charge in [-0.1, -0.05) is 6.92 Å². The van der Waals surface area contributed by atoms with Crippen molar-refractivity contribution >= 4 is 11.7 Å². The molecule has 2 atom stereocenters. The average molecular weight is 223 g/mol. The van der Waals surface area contributed by atoms with Gasteiger partial charge in [-0.15, -0.1) is 0 Å². The van der Waals surface area contributed by atoms with Crippen LogP contribution < -0.4 is 10.6 Å². The first-order valence-corrected chi connectivity index (χ1v) is 5.30. The molecule has 1 aliphatic heterocycles. The Labute approximate surface area is 93.3 Å². The maximum atomic E-state index is 12.6. The van der Waals surface area contributed by atoms with Gasteiger partial charge in [0.15, 0.2) is 0 Å². The van der Waals surface area contributed by atoms with Crippen molar-refractivity contribution in [2.75, 3.05) is 18.4 Å². The number of hydrogen-bond acceptors (Lipinski definition) is 3. The lowest BCUT2D eigenvalue weighted by Gasteiger charge is -2.13. The molecule has 1 aromatic heterocycles. The first kappa shape index (κ1) is 11.0. The van der Waals surface area contributed by atoms with Crippen molar-refractivity contribution in [3.8, 4) is 0 Å². The topological polar surface area (TPSA) is 54.0 Å². The lowest BCUT2D eigenvalue weighted by Crippen LogP contribution is -2.28. The van der Waals surface area contributed by atoms with Gasteiger partial charge < -0.3 is 10.6 Å². The second-order valence-corrected chi connectivity index (χ2v) is 4.09. The molecule has 1 aromatic rings. The molecule has 1 fully saturated rings. The van der Waals surface area contributed by atoms with Gasteiger partial charge in [0.25, 0.3) is 0 Å². The number of halogens is 1. The van der Waals surface area contributed by atoms with E-state index in [0.717, 1.165) is 12.7 Å². The van der Waals surface area contributed by atoms with Crippen LogP contribution in [0.2, 0.25) is 0 Å². The van der Waals surface area contributed by atoms with Gasteiger partial charge in [-0.25, -0.2) is 9.37 Å². The fourth-order valence-corrected chi connectivity index (χ4v) is 1.83. The fraction of sp³-hybridized carbons (Fsp3) is 0.455. The van der Waals surface area contributed by atoms with Crippen LogP contribution in [-0.2, 0) is 4.79 Å². The lowest BCUT2D eigenvalue weighted by atomic mass is 9.97. The Kier molecular flexibility index (Phi) is 3.14. The van der Waals surface area contributed by atoms with Crippen LogP contribution in [0.25, 0.3) is 0 Å². The summed E-state index contributed by atoms with van der Waals surface area (Å²) in [6.45, 7) is 3.57. The molecule has 2 heterocycles. The zero-order chi connectivity index (χ0) is 11.5. The molecule has 1 saturated heterocycles. The molecule has 0 radical (unpaired) electrons. The lowest BCUT2D eigenvalue weighted by molar-refractivity contribution is -0.120. The maximum absolute atomic E-state index is 12.6. The molecule has 2 rings (SSSR count). The smallest absolute Gasteiger partial charge is 0.230 e. The molecule has 86 valence electrons. The third kappa shape index (κ3) is 2.36. The highest BCUT2D eigenvalue weighted by atomic mass is 19.1. The van der Waals surface area contributed by atoms with Crippen LogP contribution in [0.4, 0.5) is 10.2 Å². The summed E-state index contributed by atoms with van der Waals surface area (Å²) in [6, 6.07) is 2.74. The highest BCUT2D eigenvalue weighted by Crippen LogP contribution is 2.17. The molecule has 2 N–H and O–H groups in total. The van der Waals surface area contributed by atoms with Gasteiger partial charge in [0.2, 0.25) is 5.91 Å². The number of hydrogen-bond donors (Lipinski definition) is 2. The quantitative estimate of drug-likeness (QED) is 0.787. The third-order valence-electron chi connectivity index (χ3n) is 2.83. The van der Waals surface area contributed by atoms with Crippen LogP contribution in [-0.4, -0.2) is 24.0 Å². The van der Waals surface area contributed by atoms with Crippen molar-refractivity contribution in [1.29, 1.82) is 0 Å².